The van der Waals surface area contributed by atoms with Crippen LogP contribution in [0.2, 0.25) is 10.0 Å². The maximum Gasteiger partial charge on any atom is 0.227 e. The summed E-state index contributed by atoms with van der Waals surface area (Å²) >= 11 is 11.9. The smallest absolute Gasteiger partial charge is 0.227 e. The van der Waals surface area contributed by atoms with Gasteiger partial charge in [-0.05, 0) is 36.6 Å². The first-order valence-corrected chi connectivity index (χ1v) is 7.18. The molecule has 0 aromatic heterocycles. The normalized spacial score (nSPS) is 21.4. The third-order valence-electron chi connectivity index (χ3n) is 3.60. The summed E-state index contributed by atoms with van der Waals surface area (Å²) < 4.78 is 0. The number of hydrogen-bond donors (Lipinski definition) is 1. The minimum atomic E-state index is -0.0420. The van der Waals surface area contributed by atoms with Crippen molar-refractivity contribution >= 4 is 41.5 Å². The fourth-order valence-corrected chi connectivity index (χ4v) is 3.20. The van der Waals surface area contributed by atoms with Crippen molar-refractivity contribution < 1.29 is 4.79 Å². The van der Waals surface area contributed by atoms with E-state index in [1.165, 1.54) is 0 Å². The van der Waals surface area contributed by atoms with Crippen LogP contribution in [0.25, 0.3) is 0 Å². The predicted molar refractivity (Wildman–Crippen MR) is 85.5 cm³/mol. The van der Waals surface area contributed by atoms with Crippen LogP contribution in [-0.4, -0.2) is 23.9 Å². The molecule has 0 spiro atoms. The van der Waals surface area contributed by atoms with Gasteiger partial charge in [-0.1, -0.05) is 29.6 Å². The van der Waals surface area contributed by atoms with Gasteiger partial charge in [-0.2, -0.15) is 0 Å². The SMILES string of the molecule is CN(Cc1cc(Cl)cc(Cl)c1)C(=O)C1CCCC1N.Cl. The molecule has 2 rings (SSSR count). The van der Waals surface area contributed by atoms with Crippen molar-refractivity contribution in [3.63, 3.8) is 0 Å². The second kappa shape index (κ2) is 7.51. The van der Waals surface area contributed by atoms with Crippen LogP contribution in [0.15, 0.2) is 18.2 Å². The van der Waals surface area contributed by atoms with Crippen molar-refractivity contribution in [1.29, 1.82) is 0 Å². The first-order chi connectivity index (χ1) is 8.97. The van der Waals surface area contributed by atoms with E-state index in [4.69, 9.17) is 28.9 Å². The number of amides is 1. The largest absolute Gasteiger partial charge is 0.341 e. The van der Waals surface area contributed by atoms with Gasteiger partial charge in [0, 0.05) is 29.7 Å². The van der Waals surface area contributed by atoms with Crippen molar-refractivity contribution in [3.05, 3.63) is 33.8 Å². The molecule has 112 valence electrons. The quantitative estimate of drug-likeness (QED) is 0.917. The standard InChI is InChI=1S/C14H18Cl2N2O.ClH/c1-18(14(19)12-3-2-4-13(12)17)8-9-5-10(15)7-11(16)6-9;/h5-7,12-13H,2-4,8,17H2,1H3;1H. The summed E-state index contributed by atoms with van der Waals surface area (Å²) in [6.07, 6.45) is 2.86. The Bertz CT molecular complexity index is 461. The topological polar surface area (TPSA) is 46.3 Å². The average Bonchev–Trinajstić information content (AvgIpc) is 2.73. The van der Waals surface area contributed by atoms with E-state index >= 15 is 0 Å². The van der Waals surface area contributed by atoms with Crippen molar-refractivity contribution in [3.8, 4) is 0 Å². The first kappa shape index (κ1) is 17.6. The van der Waals surface area contributed by atoms with E-state index in [1.54, 1.807) is 18.0 Å². The molecule has 20 heavy (non-hydrogen) atoms. The Morgan fingerprint density at radius 2 is 1.90 bits per heavy atom. The second-order valence-electron chi connectivity index (χ2n) is 5.17. The van der Waals surface area contributed by atoms with Crippen LogP contribution in [-0.2, 0) is 11.3 Å². The molecule has 6 heteroatoms. The maximum absolute atomic E-state index is 12.3. The van der Waals surface area contributed by atoms with Crippen molar-refractivity contribution in [2.45, 2.75) is 31.8 Å². The molecular formula is C14H19Cl3N2O. The second-order valence-corrected chi connectivity index (χ2v) is 6.05. The van der Waals surface area contributed by atoms with Gasteiger partial charge < -0.3 is 10.6 Å². The Hall–Kier alpha value is -0.480. The van der Waals surface area contributed by atoms with Crippen molar-refractivity contribution in [2.24, 2.45) is 11.7 Å². The van der Waals surface area contributed by atoms with Crippen molar-refractivity contribution in [2.75, 3.05) is 7.05 Å². The fourth-order valence-electron chi connectivity index (χ4n) is 2.63. The van der Waals surface area contributed by atoms with E-state index in [9.17, 15) is 4.79 Å². The Morgan fingerprint density at radius 3 is 2.40 bits per heavy atom. The lowest BCUT2D eigenvalue weighted by Crippen LogP contribution is -2.39. The zero-order valence-electron chi connectivity index (χ0n) is 11.3. The summed E-state index contributed by atoms with van der Waals surface area (Å²) in [5.41, 5.74) is 6.90. The summed E-state index contributed by atoms with van der Waals surface area (Å²) in [4.78, 5) is 14.0. The Balaban J connectivity index is 0.00000200. The number of carbonyl (C=O) groups is 1. The van der Waals surface area contributed by atoms with E-state index in [0.717, 1.165) is 24.8 Å². The van der Waals surface area contributed by atoms with Crippen LogP contribution in [0.1, 0.15) is 24.8 Å². The molecular weight excluding hydrogens is 319 g/mol. The monoisotopic (exact) mass is 336 g/mol. The summed E-state index contributed by atoms with van der Waals surface area (Å²) in [6, 6.07) is 5.33. The molecule has 1 aliphatic rings. The number of halogens is 3. The highest BCUT2D eigenvalue weighted by Crippen LogP contribution is 2.26. The van der Waals surface area contributed by atoms with Gasteiger partial charge in [0.15, 0.2) is 0 Å². The molecule has 1 amide bonds. The lowest BCUT2D eigenvalue weighted by molar-refractivity contribution is -0.134. The lowest BCUT2D eigenvalue weighted by Gasteiger charge is -2.23. The van der Waals surface area contributed by atoms with Gasteiger partial charge in [-0.25, -0.2) is 0 Å². The number of benzene rings is 1. The van der Waals surface area contributed by atoms with Crippen LogP contribution in [0.5, 0.6) is 0 Å². The van der Waals surface area contributed by atoms with Gasteiger partial charge in [0.1, 0.15) is 0 Å². The summed E-state index contributed by atoms with van der Waals surface area (Å²) in [6.45, 7) is 0.502. The van der Waals surface area contributed by atoms with E-state index in [0.29, 0.717) is 16.6 Å². The van der Waals surface area contributed by atoms with Crippen LogP contribution in [0.3, 0.4) is 0 Å². The van der Waals surface area contributed by atoms with Gasteiger partial charge in [-0.3, -0.25) is 4.79 Å². The average molecular weight is 338 g/mol. The molecule has 0 aliphatic heterocycles. The number of nitrogens with two attached hydrogens (primary N) is 1. The molecule has 1 saturated carbocycles. The van der Waals surface area contributed by atoms with Gasteiger partial charge >= 0.3 is 0 Å². The molecule has 1 fully saturated rings. The molecule has 2 N–H and O–H groups in total. The summed E-state index contributed by atoms with van der Waals surface area (Å²) in [5, 5.41) is 1.17. The van der Waals surface area contributed by atoms with E-state index in [1.807, 2.05) is 12.1 Å². The molecule has 2 atom stereocenters. The van der Waals surface area contributed by atoms with Gasteiger partial charge in [0.25, 0.3) is 0 Å². The Labute approximate surface area is 135 Å². The molecule has 3 nitrogen and oxygen atoms in total. The van der Waals surface area contributed by atoms with E-state index < -0.39 is 0 Å². The number of rotatable bonds is 3. The highest BCUT2D eigenvalue weighted by atomic mass is 35.5. The van der Waals surface area contributed by atoms with Gasteiger partial charge in [0.2, 0.25) is 5.91 Å². The van der Waals surface area contributed by atoms with E-state index in [-0.39, 0.29) is 30.3 Å². The zero-order valence-corrected chi connectivity index (χ0v) is 13.6. The van der Waals surface area contributed by atoms with Crippen LogP contribution in [0, 0.1) is 5.92 Å². The molecule has 2 unspecified atom stereocenters. The van der Waals surface area contributed by atoms with E-state index in [2.05, 4.69) is 0 Å². The first-order valence-electron chi connectivity index (χ1n) is 6.43. The molecule has 1 aliphatic carbocycles. The molecule has 1 aromatic rings. The van der Waals surface area contributed by atoms with Crippen molar-refractivity contribution in [1.82, 2.24) is 4.90 Å². The fraction of sp³-hybridized carbons (Fsp3) is 0.500. The molecule has 0 saturated heterocycles. The highest BCUT2D eigenvalue weighted by molar-refractivity contribution is 6.34. The third kappa shape index (κ3) is 4.26. The lowest BCUT2D eigenvalue weighted by atomic mass is 10.0. The highest BCUT2D eigenvalue weighted by Gasteiger charge is 2.32. The number of nitrogens with zero attached hydrogens (tertiary/aromatic N) is 1. The van der Waals surface area contributed by atoms with Crippen LogP contribution in [0.4, 0.5) is 0 Å². The minimum Gasteiger partial charge on any atom is -0.341 e. The molecule has 0 heterocycles. The van der Waals surface area contributed by atoms with Gasteiger partial charge in [0.05, 0.1) is 5.92 Å². The number of carbonyl (C=O) groups excluding carboxylic acids is 1. The number of hydrogen-bond acceptors (Lipinski definition) is 2. The predicted octanol–water partition coefficient (Wildman–Crippen LogP) is 3.50. The Morgan fingerprint density at radius 1 is 1.30 bits per heavy atom. The van der Waals surface area contributed by atoms with Gasteiger partial charge in [-0.15, -0.1) is 12.4 Å². The summed E-state index contributed by atoms with van der Waals surface area (Å²) in [7, 11) is 1.79. The molecule has 1 aromatic carbocycles. The third-order valence-corrected chi connectivity index (χ3v) is 4.04. The Kier molecular flexibility index (Phi) is 6.59. The minimum absolute atomic E-state index is 0. The van der Waals surface area contributed by atoms with Crippen LogP contribution >= 0.6 is 35.6 Å². The molecule has 0 bridgehead atoms. The van der Waals surface area contributed by atoms with Crippen LogP contribution < -0.4 is 5.73 Å². The summed E-state index contributed by atoms with van der Waals surface area (Å²) in [5.74, 6) is 0.0701. The maximum atomic E-state index is 12.3. The zero-order chi connectivity index (χ0) is 14.0. The molecule has 0 radical (unpaired) electrons.